The summed E-state index contributed by atoms with van der Waals surface area (Å²) < 4.78 is 4.67. The van der Waals surface area contributed by atoms with Crippen molar-refractivity contribution in [3.8, 4) is 0 Å². The van der Waals surface area contributed by atoms with Crippen molar-refractivity contribution in [1.82, 2.24) is 4.98 Å². The van der Waals surface area contributed by atoms with Crippen LogP contribution in [0.1, 0.15) is 35.0 Å². The Morgan fingerprint density at radius 1 is 1.37 bits per heavy atom. The Labute approximate surface area is 116 Å². The number of hydrogen-bond acceptors (Lipinski definition) is 5. The molecule has 4 nitrogen and oxygen atoms in total. The number of nitrogens with zero attached hydrogens (tertiary/aromatic N) is 1. The van der Waals surface area contributed by atoms with Gasteiger partial charge in [-0.05, 0) is 17.5 Å². The SMILES string of the molecule is COC(=O)c1cnc(Nc2ccccc2C(C)C)s1. The van der Waals surface area contributed by atoms with Gasteiger partial charge in [0, 0.05) is 5.69 Å². The number of benzene rings is 1. The minimum Gasteiger partial charge on any atom is -0.465 e. The third kappa shape index (κ3) is 3.12. The quantitative estimate of drug-likeness (QED) is 0.863. The molecule has 100 valence electrons. The molecule has 0 spiro atoms. The van der Waals surface area contributed by atoms with Gasteiger partial charge in [-0.25, -0.2) is 9.78 Å². The summed E-state index contributed by atoms with van der Waals surface area (Å²) in [6, 6.07) is 8.08. The van der Waals surface area contributed by atoms with E-state index in [0.717, 1.165) is 5.69 Å². The summed E-state index contributed by atoms with van der Waals surface area (Å²) >= 11 is 1.28. The number of para-hydroxylation sites is 1. The zero-order valence-corrected chi connectivity index (χ0v) is 12.0. The van der Waals surface area contributed by atoms with E-state index in [2.05, 4.69) is 35.0 Å². The van der Waals surface area contributed by atoms with Crippen molar-refractivity contribution >= 4 is 28.1 Å². The average molecular weight is 276 g/mol. The second-order valence-corrected chi connectivity index (χ2v) is 5.42. The normalized spacial score (nSPS) is 10.5. The molecule has 0 aliphatic heterocycles. The Bertz CT molecular complexity index is 578. The number of aromatic nitrogens is 1. The van der Waals surface area contributed by atoms with Crippen molar-refractivity contribution in [3.63, 3.8) is 0 Å². The Balaban J connectivity index is 2.22. The molecule has 2 rings (SSSR count). The lowest BCUT2D eigenvalue weighted by molar-refractivity contribution is 0.0606. The van der Waals surface area contributed by atoms with E-state index in [-0.39, 0.29) is 5.97 Å². The third-order valence-corrected chi connectivity index (χ3v) is 3.61. The van der Waals surface area contributed by atoms with Crippen LogP contribution in [0.15, 0.2) is 30.5 Å². The van der Waals surface area contributed by atoms with Gasteiger partial charge < -0.3 is 10.1 Å². The highest BCUT2D eigenvalue weighted by molar-refractivity contribution is 7.17. The Morgan fingerprint density at radius 3 is 2.79 bits per heavy atom. The molecule has 0 bridgehead atoms. The van der Waals surface area contributed by atoms with Gasteiger partial charge in [0.15, 0.2) is 5.13 Å². The molecule has 0 saturated carbocycles. The fraction of sp³-hybridized carbons (Fsp3) is 0.286. The van der Waals surface area contributed by atoms with E-state index in [4.69, 9.17) is 0 Å². The molecule has 1 N–H and O–H groups in total. The van der Waals surface area contributed by atoms with Gasteiger partial charge in [-0.15, -0.1) is 0 Å². The van der Waals surface area contributed by atoms with Crippen LogP contribution in [-0.2, 0) is 4.74 Å². The fourth-order valence-corrected chi connectivity index (χ4v) is 2.50. The number of thiazole rings is 1. The molecule has 0 aliphatic carbocycles. The predicted molar refractivity (Wildman–Crippen MR) is 77.3 cm³/mol. The first-order valence-corrected chi connectivity index (χ1v) is 6.83. The lowest BCUT2D eigenvalue weighted by Crippen LogP contribution is -1.97. The molecule has 0 fully saturated rings. The highest BCUT2D eigenvalue weighted by Crippen LogP contribution is 2.29. The minimum atomic E-state index is -0.359. The van der Waals surface area contributed by atoms with Crippen LogP contribution in [0.3, 0.4) is 0 Å². The summed E-state index contributed by atoms with van der Waals surface area (Å²) in [6.45, 7) is 4.28. The van der Waals surface area contributed by atoms with Crippen molar-refractivity contribution in [2.45, 2.75) is 19.8 Å². The average Bonchev–Trinajstić information content (AvgIpc) is 2.86. The number of methoxy groups -OCH3 is 1. The topological polar surface area (TPSA) is 51.2 Å². The van der Waals surface area contributed by atoms with E-state index in [0.29, 0.717) is 15.9 Å². The summed E-state index contributed by atoms with van der Waals surface area (Å²) in [6.07, 6.45) is 1.52. The van der Waals surface area contributed by atoms with Gasteiger partial charge in [0.1, 0.15) is 4.88 Å². The molecule has 0 atom stereocenters. The molecule has 0 amide bonds. The van der Waals surface area contributed by atoms with Crippen molar-refractivity contribution < 1.29 is 9.53 Å². The number of carbonyl (C=O) groups is 1. The lowest BCUT2D eigenvalue weighted by Gasteiger charge is -2.12. The highest BCUT2D eigenvalue weighted by atomic mass is 32.1. The standard InChI is InChI=1S/C14H16N2O2S/c1-9(2)10-6-4-5-7-11(10)16-14-15-8-12(19-14)13(17)18-3/h4-9H,1-3H3,(H,15,16). The molecule has 19 heavy (non-hydrogen) atoms. The van der Waals surface area contributed by atoms with Crippen molar-refractivity contribution in [2.75, 3.05) is 12.4 Å². The van der Waals surface area contributed by atoms with E-state index in [9.17, 15) is 4.79 Å². The largest absolute Gasteiger partial charge is 0.465 e. The van der Waals surface area contributed by atoms with Crippen LogP contribution in [0.4, 0.5) is 10.8 Å². The van der Waals surface area contributed by atoms with Gasteiger partial charge in [-0.3, -0.25) is 0 Å². The molecule has 0 radical (unpaired) electrons. The molecular weight excluding hydrogens is 260 g/mol. The highest BCUT2D eigenvalue weighted by Gasteiger charge is 2.12. The number of ether oxygens (including phenoxy) is 1. The third-order valence-electron chi connectivity index (χ3n) is 2.72. The second-order valence-electron chi connectivity index (χ2n) is 4.39. The van der Waals surface area contributed by atoms with Crippen LogP contribution in [0, 0.1) is 0 Å². The molecule has 0 aliphatic rings. The molecule has 5 heteroatoms. The number of carbonyl (C=O) groups excluding carboxylic acids is 1. The Hall–Kier alpha value is -1.88. The van der Waals surface area contributed by atoms with E-state index >= 15 is 0 Å². The van der Waals surface area contributed by atoms with Crippen LogP contribution in [0.2, 0.25) is 0 Å². The fourth-order valence-electron chi connectivity index (χ4n) is 1.76. The number of nitrogens with one attached hydrogen (secondary N) is 1. The molecular formula is C14H16N2O2S. The molecule has 0 saturated heterocycles. The molecule has 0 unspecified atom stereocenters. The smallest absolute Gasteiger partial charge is 0.349 e. The Kier molecular flexibility index (Phi) is 4.16. The minimum absolute atomic E-state index is 0.359. The van der Waals surface area contributed by atoms with Crippen LogP contribution < -0.4 is 5.32 Å². The van der Waals surface area contributed by atoms with Crippen LogP contribution >= 0.6 is 11.3 Å². The maximum atomic E-state index is 11.4. The summed E-state index contributed by atoms with van der Waals surface area (Å²) in [7, 11) is 1.36. The molecule has 1 aromatic heterocycles. The number of rotatable bonds is 4. The number of anilines is 2. The van der Waals surface area contributed by atoms with E-state index in [1.807, 2.05) is 18.2 Å². The van der Waals surface area contributed by atoms with E-state index in [1.54, 1.807) is 0 Å². The first kappa shape index (κ1) is 13.5. The van der Waals surface area contributed by atoms with Gasteiger partial charge >= 0.3 is 5.97 Å². The maximum Gasteiger partial charge on any atom is 0.349 e. The lowest BCUT2D eigenvalue weighted by atomic mass is 10.0. The first-order chi connectivity index (χ1) is 9.11. The first-order valence-electron chi connectivity index (χ1n) is 6.02. The van der Waals surface area contributed by atoms with E-state index < -0.39 is 0 Å². The van der Waals surface area contributed by atoms with Crippen molar-refractivity contribution in [3.05, 3.63) is 40.9 Å². The summed E-state index contributed by atoms with van der Waals surface area (Å²) in [5, 5.41) is 3.94. The zero-order valence-electron chi connectivity index (χ0n) is 11.1. The summed E-state index contributed by atoms with van der Waals surface area (Å²) in [4.78, 5) is 16.1. The van der Waals surface area contributed by atoms with Gasteiger partial charge in [-0.1, -0.05) is 43.4 Å². The van der Waals surface area contributed by atoms with Gasteiger partial charge in [0.2, 0.25) is 0 Å². The molecule has 1 heterocycles. The summed E-state index contributed by atoms with van der Waals surface area (Å²) in [5.74, 6) is 0.0615. The van der Waals surface area contributed by atoms with Crippen molar-refractivity contribution in [2.24, 2.45) is 0 Å². The zero-order chi connectivity index (χ0) is 13.8. The van der Waals surface area contributed by atoms with Gasteiger partial charge in [0.25, 0.3) is 0 Å². The number of hydrogen-bond donors (Lipinski definition) is 1. The van der Waals surface area contributed by atoms with Crippen molar-refractivity contribution in [1.29, 1.82) is 0 Å². The predicted octanol–water partition coefficient (Wildman–Crippen LogP) is 3.80. The van der Waals surface area contributed by atoms with E-state index in [1.165, 1.54) is 30.2 Å². The maximum absolute atomic E-state index is 11.4. The second kappa shape index (κ2) is 5.84. The molecule has 2 aromatic rings. The van der Waals surface area contributed by atoms with Gasteiger partial charge in [0.05, 0.1) is 13.3 Å². The Morgan fingerprint density at radius 2 is 2.11 bits per heavy atom. The number of esters is 1. The van der Waals surface area contributed by atoms with Crippen LogP contribution in [-0.4, -0.2) is 18.1 Å². The van der Waals surface area contributed by atoms with Crippen LogP contribution in [0.25, 0.3) is 0 Å². The molecule has 1 aromatic carbocycles. The van der Waals surface area contributed by atoms with Crippen LogP contribution in [0.5, 0.6) is 0 Å². The van der Waals surface area contributed by atoms with Gasteiger partial charge in [-0.2, -0.15) is 0 Å². The monoisotopic (exact) mass is 276 g/mol. The summed E-state index contributed by atoms with van der Waals surface area (Å²) in [5.41, 5.74) is 2.24.